The number of aromatic carboxylic acids is 1. The van der Waals surface area contributed by atoms with Crippen LogP contribution in [-0.2, 0) is 6.61 Å². The van der Waals surface area contributed by atoms with E-state index in [-0.39, 0.29) is 5.56 Å². The number of rotatable bonds is 5. The van der Waals surface area contributed by atoms with Gasteiger partial charge in [-0.05, 0) is 53.4 Å². The topological polar surface area (TPSA) is 46.5 Å². The molecule has 0 radical (unpaired) electrons. The molecule has 0 saturated carbocycles. The van der Waals surface area contributed by atoms with E-state index in [1.807, 2.05) is 54.6 Å². The van der Waals surface area contributed by atoms with Gasteiger partial charge in [0.05, 0.1) is 5.56 Å². The molecule has 0 bridgehead atoms. The van der Waals surface area contributed by atoms with E-state index in [0.717, 1.165) is 11.1 Å². The van der Waals surface area contributed by atoms with Crippen LogP contribution in [0.5, 0.6) is 5.75 Å². The molecule has 3 nitrogen and oxygen atoms in total. The predicted molar refractivity (Wildman–Crippen MR) is 94.3 cm³/mol. The van der Waals surface area contributed by atoms with Gasteiger partial charge in [-0.1, -0.05) is 42.5 Å². The minimum absolute atomic E-state index is 0.316. The van der Waals surface area contributed by atoms with E-state index in [0.29, 0.717) is 23.5 Å². The molecule has 126 valence electrons. The quantitative estimate of drug-likeness (QED) is 0.707. The van der Waals surface area contributed by atoms with Crippen molar-refractivity contribution in [3.63, 3.8) is 0 Å². The molecule has 3 rings (SSSR count). The average molecular weight is 336 g/mol. The number of aryl methyl sites for hydroxylation is 1. The molecule has 4 heteroatoms. The van der Waals surface area contributed by atoms with Gasteiger partial charge in [0, 0.05) is 0 Å². The summed E-state index contributed by atoms with van der Waals surface area (Å²) in [4.78, 5) is 11.0. The lowest BCUT2D eigenvalue weighted by molar-refractivity contribution is 0.0692. The monoisotopic (exact) mass is 336 g/mol. The Labute approximate surface area is 145 Å². The predicted octanol–water partition coefficient (Wildman–Crippen LogP) is 5.08. The van der Waals surface area contributed by atoms with Crippen molar-refractivity contribution < 1.29 is 19.0 Å². The van der Waals surface area contributed by atoms with E-state index >= 15 is 0 Å². The van der Waals surface area contributed by atoms with E-state index in [1.54, 1.807) is 6.92 Å². The number of hydrogen-bond acceptors (Lipinski definition) is 2. The number of benzene rings is 3. The minimum Gasteiger partial charge on any atom is -0.489 e. The van der Waals surface area contributed by atoms with Crippen molar-refractivity contribution in [2.45, 2.75) is 13.5 Å². The lowest BCUT2D eigenvalue weighted by atomic mass is 9.98. The number of halogens is 1. The molecule has 3 aromatic carbocycles. The summed E-state index contributed by atoms with van der Waals surface area (Å²) in [7, 11) is 0. The van der Waals surface area contributed by atoms with Crippen LogP contribution in [0.4, 0.5) is 4.39 Å². The maximum Gasteiger partial charge on any atom is 0.338 e. The molecule has 0 aliphatic rings. The van der Waals surface area contributed by atoms with Crippen LogP contribution in [0.25, 0.3) is 11.1 Å². The third kappa shape index (κ3) is 3.86. The summed E-state index contributed by atoms with van der Waals surface area (Å²) in [6.45, 7) is 2.24. The number of carbonyl (C=O) groups is 1. The number of carboxylic acids is 1. The van der Waals surface area contributed by atoms with Crippen molar-refractivity contribution in [3.05, 3.63) is 89.2 Å². The number of ether oxygens (including phenoxy) is 1. The molecule has 0 amide bonds. The summed E-state index contributed by atoms with van der Waals surface area (Å²) in [6, 6.07) is 19.8. The van der Waals surface area contributed by atoms with Gasteiger partial charge in [-0.15, -0.1) is 0 Å². The van der Waals surface area contributed by atoms with E-state index < -0.39 is 11.8 Å². The van der Waals surface area contributed by atoms with Gasteiger partial charge in [-0.2, -0.15) is 0 Å². The number of hydrogen-bond donors (Lipinski definition) is 1. The van der Waals surface area contributed by atoms with Gasteiger partial charge in [0.2, 0.25) is 0 Å². The third-order valence-corrected chi connectivity index (χ3v) is 3.96. The fraction of sp³-hybridized carbons (Fsp3) is 0.0952. The Bertz CT molecular complexity index is 887. The first-order chi connectivity index (χ1) is 12.0. The molecule has 3 aromatic rings. The lowest BCUT2D eigenvalue weighted by Crippen LogP contribution is -2.02. The molecule has 25 heavy (non-hydrogen) atoms. The van der Waals surface area contributed by atoms with Crippen LogP contribution >= 0.6 is 0 Å². The highest BCUT2D eigenvalue weighted by Gasteiger charge is 2.14. The Morgan fingerprint density at radius 3 is 2.36 bits per heavy atom. The van der Waals surface area contributed by atoms with Gasteiger partial charge in [0.25, 0.3) is 0 Å². The summed E-state index contributed by atoms with van der Waals surface area (Å²) < 4.78 is 19.7. The molecule has 0 fully saturated rings. The maximum atomic E-state index is 13.9. The molecule has 0 heterocycles. The van der Waals surface area contributed by atoms with Gasteiger partial charge in [0.15, 0.2) is 0 Å². The van der Waals surface area contributed by atoms with Crippen molar-refractivity contribution in [2.75, 3.05) is 0 Å². The minimum atomic E-state index is -1.27. The molecule has 1 N–H and O–H groups in total. The molecule has 0 saturated heterocycles. The highest BCUT2D eigenvalue weighted by molar-refractivity contribution is 5.89. The van der Waals surface area contributed by atoms with Crippen LogP contribution in [0, 0.1) is 12.7 Å². The Morgan fingerprint density at radius 1 is 1.04 bits per heavy atom. The van der Waals surface area contributed by atoms with Crippen LogP contribution in [-0.4, -0.2) is 11.1 Å². The lowest BCUT2D eigenvalue weighted by Gasteiger charge is -2.10. The largest absolute Gasteiger partial charge is 0.489 e. The first-order valence-corrected chi connectivity index (χ1v) is 7.85. The van der Waals surface area contributed by atoms with Crippen LogP contribution in [0.15, 0.2) is 66.7 Å². The number of carboxylic acid groups (broad SMARTS) is 1. The Kier molecular flexibility index (Phi) is 4.80. The Morgan fingerprint density at radius 2 is 1.72 bits per heavy atom. The van der Waals surface area contributed by atoms with Crippen molar-refractivity contribution in [1.82, 2.24) is 0 Å². The van der Waals surface area contributed by atoms with Crippen LogP contribution in [0.3, 0.4) is 0 Å². The second-order valence-corrected chi connectivity index (χ2v) is 5.75. The summed E-state index contributed by atoms with van der Waals surface area (Å²) in [5, 5.41) is 8.98. The standard InChI is InChI=1S/C21H17FO3/c1-14-11-19(21(23)24)20(22)12-18(14)16-7-9-17(10-8-16)25-13-15-5-3-2-4-6-15/h2-12H,13H2,1H3,(H,23,24). The first-order valence-electron chi connectivity index (χ1n) is 7.85. The highest BCUT2D eigenvalue weighted by Crippen LogP contribution is 2.28. The van der Waals surface area contributed by atoms with E-state index in [4.69, 9.17) is 9.84 Å². The second-order valence-electron chi connectivity index (χ2n) is 5.75. The fourth-order valence-corrected chi connectivity index (χ4v) is 2.63. The normalized spacial score (nSPS) is 10.5. The molecule has 0 aliphatic heterocycles. The van der Waals surface area contributed by atoms with E-state index in [2.05, 4.69) is 0 Å². The van der Waals surface area contributed by atoms with E-state index in [1.165, 1.54) is 12.1 Å². The summed E-state index contributed by atoms with van der Waals surface area (Å²) in [5.41, 5.74) is 2.94. The van der Waals surface area contributed by atoms with Gasteiger partial charge >= 0.3 is 5.97 Å². The van der Waals surface area contributed by atoms with Crippen molar-refractivity contribution >= 4 is 5.97 Å². The zero-order chi connectivity index (χ0) is 17.8. The van der Waals surface area contributed by atoms with Crippen LogP contribution < -0.4 is 4.74 Å². The first kappa shape index (κ1) is 16.7. The Hall–Kier alpha value is -3.14. The van der Waals surface area contributed by atoms with Gasteiger partial charge in [-0.3, -0.25) is 0 Å². The van der Waals surface area contributed by atoms with Gasteiger partial charge < -0.3 is 9.84 Å². The Balaban J connectivity index is 1.78. The second kappa shape index (κ2) is 7.18. The van der Waals surface area contributed by atoms with Gasteiger partial charge in [-0.25, -0.2) is 9.18 Å². The zero-order valence-electron chi connectivity index (χ0n) is 13.7. The van der Waals surface area contributed by atoms with Crippen LogP contribution in [0.1, 0.15) is 21.5 Å². The maximum absolute atomic E-state index is 13.9. The van der Waals surface area contributed by atoms with Gasteiger partial charge in [0.1, 0.15) is 18.2 Å². The average Bonchev–Trinajstić information content (AvgIpc) is 2.63. The van der Waals surface area contributed by atoms with Crippen molar-refractivity contribution in [1.29, 1.82) is 0 Å². The molecular weight excluding hydrogens is 319 g/mol. The SMILES string of the molecule is Cc1cc(C(=O)O)c(F)cc1-c1ccc(OCc2ccccc2)cc1. The molecule has 0 spiro atoms. The molecule has 0 unspecified atom stereocenters. The molecule has 0 atom stereocenters. The fourth-order valence-electron chi connectivity index (χ4n) is 2.63. The summed E-state index contributed by atoms with van der Waals surface area (Å²) in [5.74, 6) is -1.29. The highest BCUT2D eigenvalue weighted by atomic mass is 19.1. The van der Waals surface area contributed by atoms with Crippen LogP contribution in [0.2, 0.25) is 0 Å². The van der Waals surface area contributed by atoms with Crippen molar-refractivity contribution in [3.8, 4) is 16.9 Å². The smallest absolute Gasteiger partial charge is 0.338 e. The molecule has 0 aliphatic carbocycles. The van der Waals surface area contributed by atoms with E-state index in [9.17, 15) is 9.18 Å². The third-order valence-electron chi connectivity index (χ3n) is 3.96. The zero-order valence-corrected chi connectivity index (χ0v) is 13.7. The molecular formula is C21H17FO3. The van der Waals surface area contributed by atoms with Crippen molar-refractivity contribution in [2.24, 2.45) is 0 Å². The summed E-state index contributed by atoms with van der Waals surface area (Å²) >= 11 is 0. The molecule has 0 aromatic heterocycles. The summed E-state index contributed by atoms with van der Waals surface area (Å²) in [6.07, 6.45) is 0.